The molecule has 1 amide bonds. The van der Waals surface area contributed by atoms with Crippen LogP contribution in [0.5, 0.6) is 0 Å². The number of carbonyl (C=O) groups is 2. The van der Waals surface area contributed by atoms with Gasteiger partial charge in [0.1, 0.15) is 5.69 Å². The lowest BCUT2D eigenvalue weighted by molar-refractivity contribution is -0.148. The minimum atomic E-state index is -1.14. The van der Waals surface area contributed by atoms with Crippen LogP contribution in [-0.2, 0) is 20.9 Å². The standard InChI is InChI=1S/C26H27N5O3/c1-2-34-26(33)19-11-8-14-31(17-19)24-23(29-21-12-6-7-13-22(21)30-24)20(15-27)25(32)28-16-18-9-4-3-5-10-18/h3-7,9-10,12-13,19-20H,2,8,11,14,16-17H2,1H3,(H,28,32)/t19-,20+/m1/s1. The lowest BCUT2D eigenvalue weighted by Crippen LogP contribution is -2.41. The summed E-state index contributed by atoms with van der Waals surface area (Å²) in [5.41, 5.74) is 2.51. The minimum Gasteiger partial charge on any atom is -0.466 e. The number of carbonyl (C=O) groups excluding carboxylic acids is 2. The van der Waals surface area contributed by atoms with Crippen molar-refractivity contribution in [3.63, 3.8) is 0 Å². The van der Waals surface area contributed by atoms with Crippen molar-refractivity contribution < 1.29 is 14.3 Å². The van der Waals surface area contributed by atoms with Gasteiger partial charge in [0.05, 0.1) is 29.6 Å². The van der Waals surface area contributed by atoms with Crippen LogP contribution in [0.15, 0.2) is 54.6 Å². The molecule has 8 nitrogen and oxygen atoms in total. The molecule has 174 valence electrons. The molecule has 0 unspecified atom stereocenters. The molecule has 2 atom stereocenters. The van der Waals surface area contributed by atoms with Gasteiger partial charge in [-0.05, 0) is 37.5 Å². The number of benzene rings is 2. The normalized spacial score (nSPS) is 16.5. The number of anilines is 1. The van der Waals surface area contributed by atoms with Gasteiger partial charge >= 0.3 is 5.97 Å². The van der Waals surface area contributed by atoms with Gasteiger partial charge in [-0.15, -0.1) is 0 Å². The van der Waals surface area contributed by atoms with Crippen LogP contribution in [0.1, 0.15) is 36.9 Å². The van der Waals surface area contributed by atoms with Gasteiger partial charge in [0, 0.05) is 19.6 Å². The molecular formula is C26H27N5O3. The van der Waals surface area contributed by atoms with E-state index >= 15 is 0 Å². The molecule has 2 aromatic carbocycles. The minimum absolute atomic E-state index is 0.236. The molecule has 0 aliphatic carbocycles. The van der Waals surface area contributed by atoms with E-state index in [1.165, 1.54) is 0 Å². The third-order valence-corrected chi connectivity index (χ3v) is 5.89. The molecule has 4 rings (SSSR count). The Kier molecular flexibility index (Phi) is 7.33. The second-order valence-corrected chi connectivity index (χ2v) is 8.22. The summed E-state index contributed by atoms with van der Waals surface area (Å²) in [7, 11) is 0. The summed E-state index contributed by atoms with van der Waals surface area (Å²) in [6.45, 7) is 3.48. The number of fused-ring (bicyclic) bond motifs is 1. The van der Waals surface area contributed by atoms with Crippen molar-refractivity contribution in [3.8, 4) is 6.07 Å². The molecular weight excluding hydrogens is 430 g/mol. The molecule has 2 heterocycles. The number of nitrogens with zero attached hydrogens (tertiary/aromatic N) is 4. The van der Waals surface area contributed by atoms with Crippen LogP contribution < -0.4 is 10.2 Å². The lowest BCUT2D eigenvalue weighted by Gasteiger charge is -2.33. The monoisotopic (exact) mass is 457 g/mol. The van der Waals surface area contributed by atoms with Crippen LogP contribution in [0.2, 0.25) is 0 Å². The highest BCUT2D eigenvalue weighted by Crippen LogP contribution is 2.31. The molecule has 8 heteroatoms. The molecule has 1 saturated heterocycles. The van der Waals surface area contributed by atoms with Gasteiger partial charge in [0.2, 0.25) is 5.91 Å². The highest BCUT2D eigenvalue weighted by atomic mass is 16.5. The number of amides is 1. The average molecular weight is 458 g/mol. The summed E-state index contributed by atoms with van der Waals surface area (Å²) in [4.78, 5) is 36.9. The van der Waals surface area contributed by atoms with E-state index in [2.05, 4.69) is 11.4 Å². The van der Waals surface area contributed by atoms with Crippen LogP contribution in [0.4, 0.5) is 5.82 Å². The van der Waals surface area contributed by atoms with E-state index in [-0.39, 0.29) is 11.9 Å². The Morgan fingerprint density at radius 1 is 1.15 bits per heavy atom. The number of rotatable bonds is 7. The third kappa shape index (κ3) is 5.15. The Morgan fingerprint density at radius 3 is 2.56 bits per heavy atom. The Morgan fingerprint density at radius 2 is 1.85 bits per heavy atom. The van der Waals surface area contributed by atoms with E-state index in [0.717, 1.165) is 18.4 Å². The number of ether oxygens (including phenoxy) is 1. The van der Waals surface area contributed by atoms with Crippen molar-refractivity contribution in [2.24, 2.45) is 5.92 Å². The molecule has 1 aliphatic rings. The number of nitrogens with one attached hydrogen (secondary N) is 1. The van der Waals surface area contributed by atoms with E-state index in [1.807, 2.05) is 59.5 Å². The molecule has 1 fully saturated rings. The van der Waals surface area contributed by atoms with Crippen LogP contribution in [-0.4, -0.2) is 41.5 Å². The molecule has 0 radical (unpaired) electrons. The predicted octanol–water partition coefficient (Wildman–Crippen LogP) is 3.33. The van der Waals surface area contributed by atoms with Gasteiger partial charge < -0.3 is 15.0 Å². The first-order chi connectivity index (χ1) is 16.6. The lowest BCUT2D eigenvalue weighted by atomic mass is 9.97. The molecule has 0 bridgehead atoms. The summed E-state index contributed by atoms with van der Waals surface area (Å²) in [6, 6.07) is 19.0. The van der Waals surface area contributed by atoms with E-state index < -0.39 is 11.8 Å². The van der Waals surface area contributed by atoms with Gasteiger partial charge in [-0.25, -0.2) is 9.97 Å². The van der Waals surface area contributed by atoms with Gasteiger partial charge in [-0.2, -0.15) is 5.26 Å². The van der Waals surface area contributed by atoms with Crippen molar-refractivity contribution in [2.75, 3.05) is 24.6 Å². The number of para-hydroxylation sites is 2. The van der Waals surface area contributed by atoms with Crippen LogP contribution in [0, 0.1) is 17.2 Å². The fourth-order valence-electron chi connectivity index (χ4n) is 4.18. The molecule has 3 aromatic rings. The Hall–Kier alpha value is -3.99. The highest BCUT2D eigenvalue weighted by Gasteiger charge is 2.33. The number of hydrogen-bond acceptors (Lipinski definition) is 7. The van der Waals surface area contributed by atoms with Crippen molar-refractivity contribution in [2.45, 2.75) is 32.2 Å². The summed E-state index contributed by atoms with van der Waals surface area (Å²) in [5, 5.41) is 12.8. The summed E-state index contributed by atoms with van der Waals surface area (Å²) < 4.78 is 5.23. The number of esters is 1. The zero-order valence-electron chi connectivity index (χ0n) is 19.1. The first-order valence-electron chi connectivity index (χ1n) is 11.5. The van der Waals surface area contributed by atoms with Crippen molar-refractivity contribution in [1.29, 1.82) is 5.26 Å². The van der Waals surface area contributed by atoms with E-state index in [4.69, 9.17) is 14.7 Å². The van der Waals surface area contributed by atoms with E-state index in [1.54, 1.807) is 6.92 Å². The molecule has 1 N–H and O–H groups in total. The molecule has 0 saturated carbocycles. The van der Waals surface area contributed by atoms with Gasteiger partial charge in [0.15, 0.2) is 11.7 Å². The zero-order valence-corrected chi connectivity index (χ0v) is 19.1. The average Bonchev–Trinajstić information content (AvgIpc) is 2.88. The van der Waals surface area contributed by atoms with E-state index in [9.17, 15) is 14.9 Å². The van der Waals surface area contributed by atoms with Crippen molar-refractivity contribution in [1.82, 2.24) is 15.3 Å². The summed E-state index contributed by atoms with van der Waals surface area (Å²) >= 11 is 0. The maximum absolute atomic E-state index is 13.1. The van der Waals surface area contributed by atoms with Crippen molar-refractivity contribution >= 4 is 28.7 Å². The number of piperidine rings is 1. The van der Waals surface area contributed by atoms with Crippen molar-refractivity contribution in [3.05, 3.63) is 65.9 Å². The quantitative estimate of drug-likeness (QED) is 0.542. The first kappa shape index (κ1) is 23.2. The SMILES string of the molecule is CCOC(=O)[C@@H]1CCCN(c2nc3ccccc3nc2[C@H](C#N)C(=O)NCc2ccccc2)C1. The highest BCUT2D eigenvalue weighted by molar-refractivity contribution is 5.89. The smallest absolute Gasteiger partial charge is 0.310 e. The van der Waals surface area contributed by atoms with Crippen LogP contribution >= 0.6 is 0 Å². The second kappa shape index (κ2) is 10.8. The molecule has 34 heavy (non-hydrogen) atoms. The van der Waals surface area contributed by atoms with Gasteiger partial charge in [0.25, 0.3) is 0 Å². The molecule has 0 spiro atoms. The van der Waals surface area contributed by atoms with Gasteiger partial charge in [-0.1, -0.05) is 42.5 Å². The Balaban J connectivity index is 1.66. The third-order valence-electron chi connectivity index (χ3n) is 5.89. The molecule has 1 aromatic heterocycles. The fourth-order valence-corrected chi connectivity index (χ4v) is 4.18. The maximum Gasteiger partial charge on any atom is 0.310 e. The summed E-state index contributed by atoms with van der Waals surface area (Å²) in [6.07, 6.45) is 1.50. The van der Waals surface area contributed by atoms with Crippen LogP contribution in [0.3, 0.4) is 0 Å². The Bertz CT molecular complexity index is 1210. The summed E-state index contributed by atoms with van der Waals surface area (Å²) in [5.74, 6) is -1.63. The Labute approximate surface area is 198 Å². The fraction of sp³-hybridized carbons (Fsp3) is 0.346. The first-order valence-corrected chi connectivity index (χ1v) is 11.5. The molecule has 1 aliphatic heterocycles. The second-order valence-electron chi connectivity index (χ2n) is 8.22. The topological polar surface area (TPSA) is 108 Å². The van der Waals surface area contributed by atoms with E-state index in [0.29, 0.717) is 48.8 Å². The van der Waals surface area contributed by atoms with Crippen LogP contribution in [0.25, 0.3) is 11.0 Å². The number of hydrogen-bond donors (Lipinski definition) is 1. The maximum atomic E-state index is 13.1. The predicted molar refractivity (Wildman–Crippen MR) is 128 cm³/mol. The largest absolute Gasteiger partial charge is 0.466 e. The number of nitriles is 1. The van der Waals surface area contributed by atoms with Gasteiger partial charge in [-0.3, -0.25) is 9.59 Å². The zero-order chi connectivity index (χ0) is 23.9. The number of aromatic nitrogens is 2.